The number of hydrogen-bond donors (Lipinski definition) is 0. The van der Waals surface area contributed by atoms with Gasteiger partial charge in [-0.1, -0.05) is 18.2 Å². The third-order valence-corrected chi connectivity index (χ3v) is 4.86. The molecule has 0 fully saturated rings. The van der Waals surface area contributed by atoms with Gasteiger partial charge in [0.2, 0.25) is 11.1 Å². The normalized spacial score (nSPS) is 12.1. The number of benzene rings is 2. The Hall–Kier alpha value is -0.650. The molecule has 0 aliphatic carbocycles. The van der Waals surface area contributed by atoms with Gasteiger partial charge in [0.05, 0.1) is 4.90 Å². The van der Waals surface area contributed by atoms with Gasteiger partial charge in [0, 0.05) is 8.95 Å². The van der Waals surface area contributed by atoms with Crippen LogP contribution in [0.25, 0.3) is 0 Å². The van der Waals surface area contributed by atoms with Crippen molar-refractivity contribution in [2.75, 3.05) is 0 Å². The first-order valence-corrected chi connectivity index (χ1v) is 7.43. The first-order valence-electron chi connectivity index (χ1n) is 4.77. The molecular weight excluding hydrogens is 368 g/mol. The highest BCUT2D eigenvalue weighted by molar-refractivity contribution is 9.13. The van der Waals surface area contributed by atoms with Gasteiger partial charge in [-0.05, 0) is 62.2 Å². The Morgan fingerprint density at radius 1 is 0.941 bits per heavy atom. The third kappa shape index (κ3) is 3.40. The lowest BCUT2D eigenvalue weighted by molar-refractivity contribution is 0.562. The highest BCUT2D eigenvalue weighted by Crippen LogP contribution is 2.25. The molecule has 17 heavy (non-hydrogen) atoms. The molecule has 2 rings (SSSR count). The first-order chi connectivity index (χ1) is 8.16. The molecule has 1 unspecified atom stereocenters. The summed E-state index contributed by atoms with van der Waals surface area (Å²) in [6, 6.07) is 14.4. The number of rotatable bonds is 3. The zero-order chi connectivity index (χ0) is 12.3. The minimum absolute atomic E-state index is 0.588. The van der Waals surface area contributed by atoms with E-state index in [9.17, 15) is 4.21 Å². The lowest BCUT2D eigenvalue weighted by Crippen LogP contribution is -2.00. The Kier molecular flexibility index (Phi) is 4.36. The van der Waals surface area contributed by atoms with Gasteiger partial charge in [0.1, 0.15) is 5.75 Å². The Morgan fingerprint density at radius 3 is 2.29 bits per heavy atom. The lowest BCUT2D eigenvalue weighted by atomic mass is 10.3. The minimum atomic E-state index is -1.50. The minimum Gasteiger partial charge on any atom is -0.397 e. The van der Waals surface area contributed by atoms with Crippen LogP contribution in [0, 0.1) is 0 Å². The fourth-order valence-electron chi connectivity index (χ4n) is 1.19. The maximum absolute atomic E-state index is 11.9. The molecule has 2 aromatic carbocycles. The van der Waals surface area contributed by atoms with E-state index >= 15 is 0 Å². The Bertz CT molecular complexity index is 543. The molecule has 1 atom stereocenters. The highest BCUT2D eigenvalue weighted by atomic mass is 79.9. The van der Waals surface area contributed by atoms with Gasteiger partial charge in [-0.3, -0.25) is 0 Å². The fourth-order valence-corrected chi connectivity index (χ4v) is 2.74. The van der Waals surface area contributed by atoms with E-state index in [-0.39, 0.29) is 0 Å². The molecule has 0 aromatic heterocycles. The van der Waals surface area contributed by atoms with Crippen LogP contribution in [0.4, 0.5) is 0 Å². The van der Waals surface area contributed by atoms with Crippen LogP contribution < -0.4 is 4.18 Å². The van der Waals surface area contributed by atoms with E-state index in [0.29, 0.717) is 10.6 Å². The van der Waals surface area contributed by atoms with Gasteiger partial charge >= 0.3 is 0 Å². The maximum atomic E-state index is 11.9. The second-order valence-electron chi connectivity index (χ2n) is 3.21. The molecule has 0 bridgehead atoms. The van der Waals surface area contributed by atoms with E-state index in [1.165, 1.54) is 0 Å². The van der Waals surface area contributed by atoms with Gasteiger partial charge in [0.15, 0.2) is 0 Å². The van der Waals surface area contributed by atoms with E-state index in [1.54, 1.807) is 24.3 Å². The van der Waals surface area contributed by atoms with Crippen molar-refractivity contribution >= 4 is 42.9 Å². The molecule has 0 aliphatic heterocycles. The molecule has 0 aliphatic rings. The van der Waals surface area contributed by atoms with E-state index < -0.39 is 11.1 Å². The zero-order valence-electron chi connectivity index (χ0n) is 8.60. The smallest absolute Gasteiger partial charge is 0.240 e. The molecule has 5 heteroatoms. The molecule has 0 heterocycles. The van der Waals surface area contributed by atoms with Crippen molar-refractivity contribution < 1.29 is 8.39 Å². The molecule has 0 saturated carbocycles. The maximum Gasteiger partial charge on any atom is 0.240 e. The van der Waals surface area contributed by atoms with E-state index in [0.717, 1.165) is 8.95 Å². The van der Waals surface area contributed by atoms with Crippen LogP contribution in [-0.2, 0) is 11.1 Å². The molecule has 0 N–H and O–H groups in total. The monoisotopic (exact) mass is 374 g/mol. The van der Waals surface area contributed by atoms with Crippen molar-refractivity contribution in [3.05, 3.63) is 57.5 Å². The summed E-state index contributed by atoms with van der Waals surface area (Å²) < 4.78 is 19.0. The van der Waals surface area contributed by atoms with Crippen molar-refractivity contribution in [1.29, 1.82) is 0 Å². The van der Waals surface area contributed by atoms with Crippen molar-refractivity contribution in [3.63, 3.8) is 0 Å². The van der Waals surface area contributed by atoms with Crippen LogP contribution in [0.15, 0.2) is 62.4 Å². The van der Waals surface area contributed by atoms with Gasteiger partial charge in [-0.15, -0.1) is 0 Å². The predicted molar refractivity (Wildman–Crippen MR) is 75.3 cm³/mol. The second kappa shape index (κ2) is 5.80. The number of halogens is 2. The number of hydrogen-bond acceptors (Lipinski definition) is 2. The van der Waals surface area contributed by atoms with Crippen LogP contribution in [0.2, 0.25) is 0 Å². The summed E-state index contributed by atoms with van der Waals surface area (Å²) in [4.78, 5) is 0.615. The SMILES string of the molecule is O=S(Oc1ccccc1)c1ccc(Br)c(Br)c1. The van der Waals surface area contributed by atoms with Crippen LogP contribution in [0.5, 0.6) is 5.75 Å². The zero-order valence-corrected chi connectivity index (χ0v) is 12.6. The molecular formula is C12H8Br2O2S. The van der Waals surface area contributed by atoms with Crippen molar-refractivity contribution in [3.8, 4) is 5.75 Å². The van der Waals surface area contributed by atoms with Crippen LogP contribution in [0.3, 0.4) is 0 Å². The van der Waals surface area contributed by atoms with Crippen molar-refractivity contribution in [1.82, 2.24) is 0 Å². The Balaban J connectivity index is 2.18. The molecule has 0 amide bonds. The van der Waals surface area contributed by atoms with Crippen LogP contribution >= 0.6 is 31.9 Å². The summed E-state index contributed by atoms with van der Waals surface area (Å²) >= 11 is 5.22. The first kappa shape index (κ1) is 12.8. The summed E-state index contributed by atoms with van der Waals surface area (Å²) in [5.74, 6) is 0.588. The molecule has 88 valence electrons. The average Bonchev–Trinajstić information content (AvgIpc) is 2.34. The molecule has 0 spiro atoms. The largest absolute Gasteiger partial charge is 0.397 e. The summed E-state index contributed by atoms with van der Waals surface area (Å²) in [5, 5.41) is 0. The van der Waals surface area contributed by atoms with E-state index in [4.69, 9.17) is 4.18 Å². The Labute approximate surface area is 119 Å². The van der Waals surface area contributed by atoms with E-state index in [2.05, 4.69) is 31.9 Å². The summed E-state index contributed by atoms with van der Waals surface area (Å²) in [7, 11) is 0. The topological polar surface area (TPSA) is 26.3 Å². The predicted octanol–water partition coefficient (Wildman–Crippen LogP) is 4.31. The average molecular weight is 376 g/mol. The van der Waals surface area contributed by atoms with Gasteiger partial charge < -0.3 is 4.18 Å². The Morgan fingerprint density at radius 2 is 1.65 bits per heavy atom. The molecule has 0 saturated heterocycles. The number of para-hydroxylation sites is 1. The third-order valence-electron chi connectivity index (χ3n) is 2.00. The highest BCUT2D eigenvalue weighted by Gasteiger charge is 2.08. The van der Waals surface area contributed by atoms with Gasteiger partial charge in [0.25, 0.3) is 0 Å². The second-order valence-corrected chi connectivity index (χ2v) is 6.02. The lowest BCUT2D eigenvalue weighted by Gasteiger charge is -2.05. The van der Waals surface area contributed by atoms with Crippen LogP contribution in [0.1, 0.15) is 0 Å². The molecule has 2 aromatic rings. The van der Waals surface area contributed by atoms with Crippen molar-refractivity contribution in [2.45, 2.75) is 4.90 Å². The molecule has 0 radical (unpaired) electrons. The summed E-state index contributed by atoms with van der Waals surface area (Å²) in [6.07, 6.45) is 0. The fraction of sp³-hybridized carbons (Fsp3) is 0. The molecule has 2 nitrogen and oxygen atoms in total. The quantitative estimate of drug-likeness (QED) is 0.798. The summed E-state index contributed by atoms with van der Waals surface area (Å²) in [5.41, 5.74) is 0. The van der Waals surface area contributed by atoms with Gasteiger partial charge in [-0.2, -0.15) is 0 Å². The van der Waals surface area contributed by atoms with Crippen LogP contribution in [-0.4, -0.2) is 4.21 Å². The van der Waals surface area contributed by atoms with E-state index in [1.807, 2.05) is 24.3 Å². The standard InChI is InChI=1S/C12H8Br2O2S/c13-11-7-6-10(8-12(11)14)17(15)16-9-4-2-1-3-5-9/h1-8H. The van der Waals surface area contributed by atoms with Crippen molar-refractivity contribution in [2.24, 2.45) is 0 Å². The van der Waals surface area contributed by atoms with Gasteiger partial charge in [-0.25, -0.2) is 4.21 Å². The summed E-state index contributed by atoms with van der Waals surface area (Å²) in [6.45, 7) is 0.